The van der Waals surface area contributed by atoms with Crippen molar-refractivity contribution >= 4 is 40.1 Å². The van der Waals surface area contributed by atoms with Crippen molar-refractivity contribution in [3.8, 4) is 0 Å². The second-order valence-corrected chi connectivity index (χ2v) is 7.16. The summed E-state index contributed by atoms with van der Waals surface area (Å²) in [6.45, 7) is 2.08. The molecule has 0 aliphatic carbocycles. The summed E-state index contributed by atoms with van der Waals surface area (Å²) in [5, 5.41) is 3.99. The largest absolute Gasteiger partial charge is 0.298 e. The molecule has 0 spiro atoms. The highest BCUT2D eigenvalue weighted by Gasteiger charge is 2.06. The van der Waals surface area contributed by atoms with Crippen LogP contribution in [0.2, 0.25) is 5.02 Å². The van der Waals surface area contributed by atoms with E-state index in [-0.39, 0.29) is 5.91 Å². The van der Waals surface area contributed by atoms with E-state index in [1.54, 1.807) is 18.3 Å². The first-order valence-electron chi connectivity index (χ1n) is 7.84. The molecule has 0 fully saturated rings. The quantitative estimate of drug-likeness (QED) is 0.617. The molecule has 0 aliphatic heterocycles. The molecule has 3 aromatic rings. The summed E-state index contributed by atoms with van der Waals surface area (Å²) < 4.78 is 0. The van der Waals surface area contributed by atoms with Gasteiger partial charge in [0, 0.05) is 28.6 Å². The first kappa shape index (κ1) is 17.4. The van der Waals surface area contributed by atoms with E-state index in [2.05, 4.69) is 35.4 Å². The zero-order valence-electron chi connectivity index (χ0n) is 13.7. The van der Waals surface area contributed by atoms with Crippen molar-refractivity contribution in [2.45, 2.75) is 13.3 Å². The van der Waals surface area contributed by atoms with Gasteiger partial charge in [-0.3, -0.25) is 10.1 Å². The summed E-state index contributed by atoms with van der Waals surface area (Å²) in [6, 6.07) is 15.8. The molecular weight excluding hydrogens is 352 g/mol. The van der Waals surface area contributed by atoms with Gasteiger partial charge in [0.05, 0.1) is 0 Å². The van der Waals surface area contributed by atoms with Gasteiger partial charge in [-0.1, -0.05) is 59.6 Å². The van der Waals surface area contributed by atoms with Gasteiger partial charge in [0.25, 0.3) is 0 Å². The predicted octanol–water partition coefficient (Wildman–Crippen LogP) is 5.35. The molecule has 0 unspecified atom stereocenters. The van der Waals surface area contributed by atoms with Gasteiger partial charge >= 0.3 is 0 Å². The average molecular weight is 369 g/mol. The minimum absolute atomic E-state index is 0.226. The van der Waals surface area contributed by atoms with Crippen LogP contribution in [0.4, 0.5) is 5.13 Å². The Morgan fingerprint density at radius 2 is 2.08 bits per heavy atom. The second kappa shape index (κ2) is 8.10. The van der Waals surface area contributed by atoms with Crippen LogP contribution in [0.5, 0.6) is 0 Å². The standard InChI is InChI=1S/C20H17ClN2OS/c1-14-5-4-6-15(11-14)12-17-13-22-20(25-17)23-19(24)10-9-16-7-2-3-8-18(16)21/h2-11,13H,12H2,1H3,(H,22,23,24)/b10-9+. The van der Waals surface area contributed by atoms with E-state index in [0.29, 0.717) is 10.2 Å². The van der Waals surface area contributed by atoms with Gasteiger partial charge in [-0.05, 0) is 30.2 Å². The fourth-order valence-electron chi connectivity index (χ4n) is 2.39. The predicted molar refractivity (Wildman–Crippen MR) is 105 cm³/mol. The van der Waals surface area contributed by atoms with Crippen molar-refractivity contribution in [1.82, 2.24) is 4.98 Å². The highest BCUT2D eigenvalue weighted by Crippen LogP contribution is 2.22. The number of carbonyl (C=O) groups excluding carboxylic acids is 1. The van der Waals surface area contributed by atoms with Crippen LogP contribution in [0.25, 0.3) is 6.08 Å². The lowest BCUT2D eigenvalue weighted by Gasteiger charge is -2.00. The summed E-state index contributed by atoms with van der Waals surface area (Å²) in [5.41, 5.74) is 3.28. The first-order chi connectivity index (χ1) is 12.1. The lowest BCUT2D eigenvalue weighted by Crippen LogP contribution is -2.07. The molecular formula is C20H17ClN2OS. The molecule has 126 valence electrons. The van der Waals surface area contributed by atoms with Crippen LogP contribution in [0.15, 0.2) is 60.8 Å². The topological polar surface area (TPSA) is 42.0 Å². The van der Waals surface area contributed by atoms with E-state index in [1.165, 1.54) is 28.5 Å². The van der Waals surface area contributed by atoms with Crippen molar-refractivity contribution in [3.05, 3.63) is 87.4 Å². The Balaban J connectivity index is 1.61. The second-order valence-electron chi connectivity index (χ2n) is 5.64. The van der Waals surface area contributed by atoms with E-state index >= 15 is 0 Å². The van der Waals surface area contributed by atoms with Crippen molar-refractivity contribution < 1.29 is 4.79 Å². The molecule has 1 heterocycles. The normalized spacial score (nSPS) is 11.0. The number of aromatic nitrogens is 1. The maximum absolute atomic E-state index is 12.0. The number of anilines is 1. The van der Waals surface area contributed by atoms with Crippen LogP contribution in [-0.4, -0.2) is 10.9 Å². The molecule has 0 aliphatic rings. The zero-order chi connectivity index (χ0) is 17.6. The molecule has 1 aromatic heterocycles. The van der Waals surface area contributed by atoms with Gasteiger partial charge in [0.15, 0.2) is 5.13 Å². The molecule has 25 heavy (non-hydrogen) atoms. The molecule has 2 aromatic carbocycles. The van der Waals surface area contributed by atoms with Crippen molar-refractivity contribution in [2.24, 2.45) is 0 Å². The smallest absolute Gasteiger partial charge is 0.250 e. The molecule has 3 rings (SSSR count). The van der Waals surface area contributed by atoms with Gasteiger partial charge in [-0.25, -0.2) is 4.98 Å². The maximum Gasteiger partial charge on any atom is 0.250 e. The third kappa shape index (κ3) is 5.02. The van der Waals surface area contributed by atoms with Crippen molar-refractivity contribution in [1.29, 1.82) is 0 Å². The average Bonchev–Trinajstić information content (AvgIpc) is 3.01. The molecule has 0 saturated carbocycles. The Labute approximate surface area is 156 Å². The lowest BCUT2D eigenvalue weighted by molar-refractivity contribution is -0.111. The van der Waals surface area contributed by atoms with Crippen molar-refractivity contribution in [2.75, 3.05) is 5.32 Å². The van der Waals surface area contributed by atoms with Crippen LogP contribution in [-0.2, 0) is 11.2 Å². The molecule has 1 amide bonds. The molecule has 5 heteroatoms. The summed E-state index contributed by atoms with van der Waals surface area (Å²) in [7, 11) is 0. The van der Waals surface area contributed by atoms with Crippen LogP contribution in [0.1, 0.15) is 21.6 Å². The number of nitrogens with one attached hydrogen (secondary N) is 1. The highest BCUT2D eigenvalue weighted by atomic mass is 35.5. The van der Waals surface area contributed by atoms with Crippen LogP contribution in [0, 0.1) is 6.92 Å². The Morgan fingerprint density at radius 1 is 1.24 bits per heavy atom. The third-order valence-corrected chi connectivity index (χ3v) is 4.82. The Morgan fingerprint density at radius 3 is 2.88 bits per heavy atom. The number of hydrogen-bond donors (Lipinski definition) is 1. The van der Waals surface area contributed by atoms with Gasteiger partial charge in [0.1, 0.15) is 0 Å². The first-order valence-corrected chi connectivity index (χ1v) is 9.03. The van der Waals surface area contributed by atoms with Crippen LogP contribution >= 0.6 is 22.9 Å². The number of hydrogen-bond acceptors (Lipinski definition) is 3. The molecule has 1 N–H and O–H groups in total. The zero-order valence-corrected chi connectivity index (χ0v) is 15.3. The van der Waals surface area contributed by atoms with E-state index in [1.807, 2.05) is 24.3 Å². The monoisotopic (exact) mass is 368 g/mol. The highest BCUT2D eigenvalue weighted by molar-refractivity contribution is 7.15. The number of thiazole rings is 1. The SMILES string of the molecule is Cc1cccc(Cc2cnc(NC(=O)/C=C/c3ccccc3Cl)s2)c1. The Bertz CT molecular complexity index is 917. The number of nitrogens with zero attached hydrogens (tertiary/aromatic N) is 1. The molecule has 0 saturated heterocycles. The molecule has 3 nitrogen and oxygen atoms in total. The Hall–Kier alpha value is -2.43. The minimum Gasteiger partial charge on any atom is -0.298 e. The van der Waals surface area contributed by atoms with Gasteiger partial charge in [-0.15, -0.1) is 11.3 Å². The summed E-state index contributed by atoms with van der Waals surface area (Å²) in [5.74, 6) is -0.226. The Kier molecular flexibility index (Phi) is 5.64. The van der Waals surface area contributed by atoms with Gasteiger partial charge in [-0.2, -0.15) is 0 Å². The van der Waals surface area contributed by atoms with E-state index < -0.39 is 0 Å². The number of benzene rings is 2. The summed E-state index contributed by atoms with van der Waals surface area (Å²) >= 11 is 7.55. The van der Waals surface area contributed by atoms with E-state index in [9.17, 15) is 4.79 Å². The van der Waals surface area contributed by atoms with E-state index in [4.69, 9.17) is 11.6 Å². The van der Waals surface area contributed by atoms with Crippen molar-refractivity contribution in [3.63, 3.8) is 0 Å². The fourth-order valence-corrected chi connectivity index (χ4v) is 3.44. The summed E-state index contributed by atoms with van der Waals surface area (Å²) in [4.78, 5) is 17.4. The molecule has 0 radical (unpaired) electrons. The number of amides is 1. The lowest BCUT2D eigenvalue weighted by atomic mass is 10.1. The summed E-state index contributed by atoms with van der Waals surface area (Å²) in [6.07, 6.45) is 5.77. The number of aryl methyl sites for hydroxylation is 1. The number of rotatable bonds is 5. The van der Waals surface area contributed by atoms with Crippen LogP contribution < -0.4 is 5.32 Å². The van der Waals surface area contributed by atoms with Crippen LogP contribution in [0.3, 0.4) is 0 Å². The minimum atomic E-state index is -0.226. The number of halogens is 1. The third-order valence-electron chi connectivity index (χ3n) is 3.56. The number of carbonyl (C=O) groups is 1. The molecule has 0 bridgehead atoms. The fraction of sp³-hybridized carbons (Fsp3) is 0.100. The van der Waals surface area contributed by atoms with Gasteiger partial charge < -0.3 is 0 Å². The van der Waals surface area contributed by atoms with Gasteiger partial charge in [0.2, 0.25) is 5.91 Å². The molecule has 0 atom stereocenters. The van der Waals surface area contributed by atoms with E-state index in [0.717, 1.165) is 16.9 Å². The maximum atomic E-state index is 12.0.